The predicted molar refractivity (Wildman–Crippen MR) is 217 cm³/mol. The fourth-order valence-electron chi connectivity index (χ4n) is 9.00. The second-order valence-corrected chi connectivity index (χ2v) is 14.7. The summed E-state index contributed by atoms with van der Waals surface area (Å²) in [7, 11) is 0. The van der Waals surface area contributed by atoms with Crippen LogP contribution in [0.25, 0.3) is 38.6 Å². The van der Waals surface area contributed by atoms with Crippen LogP contribution in [-0.2, 0) is 5.41 Å². The first kappa shape index (κ1) is 29.4. The maximum Gasteiger partial charge on any atom is 0.0735 e. The van der Waals surface area contributed by atoms with Gasteiger partial charge in [-0.3, -0.25) is 0 Å². The van der Waals surface area contributed by atoms with Gasteiger partial charge in [-0.1, -0.05) is 139 Å². The van der Waals surface area contributed by atoms with Crippen molar-refractivity contribution in [2.24, 2.45) is 0 Å². The number of rotatable bonds is 4. The van der Waals surface area contributed by atoms with E-state index < -0.39 is 5.41 Å². The lowest BCUT2D eigenvalue weighted by atomic mass is 9.67. The first-order valence-corrected chi connectivity index (χ1v) is 18.7. The second-order valence-electron chi connectivity index (χ2n) is 13.7. The van der Waals surface area contributed by atoms with Crippen molar-refractivity contribution in [3.63, 3.8) is 0 Å². The summed E-state index contributed by atoms with van der Waals surface area (Å²) in [5.74, 6) is 0. The third-order valence-corrected chi connectivity index (χ3v) is 12.2. The molecule has 1 aromatic heterocycles. The van der Waals surface area contributed by atoms with Crippen LogP contribution in [0.1, 0.15) is 22.3 Å². The molecule has 2 heterocycles. The molecule has 1 aliphatic heterocycles. The van der Waals surface area contributed by atoms with Crippen LogP contribution in [0.15, 0.2) is 204 Å². The van der Waals surface area contributed by atoms with Crippen molar-refractivity contribution in [3.05, 3.63) is 216 Å². The van der Waals surface area contributed by atoms with Gasteiger partial charge in [0.15, 0.2) is 0 Å². The van der Waals surface area contributed by atoms with Crippen molar-refractivity contribution >= 4 is 50.6 Å². The summed E-state index contributed by atoms with van der Waals surface area (Å²) in [5.41, 5.74) is 14.7. The van der Waals surface area contributed by atoms with Gasteiger partial charge < -0.3 is 9.47 Å². The molecule has 2 nitrogen and oxygen atoms in total. The molecule has 9 aromatic rings. The summed E-state index contributed by atoms with van der Waals surface area (Å²) >= 11 is 1.93. The van der Waals surface area contributed by atoms with Crippen LogP contribution in [-0.4, -0.2) is 4.57 Å². The zero-order chi connectivity index (χ0) is 34.2. The molecule has 52 heavy (non-hydrogen) atoms. The van der Waals surface area contributed by atoms with Crippen LogP contribution < -0.4 is 4.90 Å². The molecule has 0 atom stereocenters. The fraction of sp³-hybridized carbons (Fsp3) is 0.0204. The maximum atomic E-state index is 2.45. The highest BCUT2D eigenvalue weighted by Gasteiger charge is 2.50. The summed E-state index contributed by atoms with van der Waals surface area (Å²) in [4.78, 5) is 4.97. The van der Waals surface area contributed by atoms with Crippen molar-refractivity contribution in [3.8, 4) is 16.8 Å². The highest BCUT2D eigenvalue weighted by molar-refractivity contribution is 7.99. The molecule has 0 radical (unpaired) electrons. The van der Waals surface area contributed by atoms with Gasteiger partial charge in [0.25, 0.3) is 0 Å². The van der Waals surface area contributed by atoms with Gasteiger partial charge in [-0.2, -0.15) is 0 Å². The third-order valence-electron chi connectivity index (χ3n) is 11.0. The molecule has 1 spiro atoms. The van der Waals surface area contributed by atoms with Gasteiger partial charge >= 0.3 is 0 Å². The van der Waals surface area contributed by atoms with E-state index in [1.165, 1.54) is 65.0 Å². The molecule has 0 amide bonds. The molecular formula is C49H32N2S. The lowest BCUT2D eigenvalue weighted by Gasteiger charge is -2.40. The monoisotopic (exact) mass is 680 g/mol. The molecule has 0 fully saturated rings. The summed E-state index contributed by atoms with van der Waals surface area (Å²) in [6.45, 7) is 0. The van der Waals surface area contributed by atoms with E-state index in [2.05, 4.69) is 204 Å². The average Bonchev–Trinajstić information content (AvgIpc) is 3.71. The first-order valence-electron chi connectivity index (χ1n) is 17.9. The van der Waals surface area contributed by atoms with Crippen molar-refractivity contribution in [2.75, 3.05) is 4.90 Å². The van der Waals surface area contributed by atoms with E-state index in [0.29, 0.717) is 0 Å². The summed E-state index contributed by atoms with van der Waals surface area (Å²) in [5, 5.41) is 2.59. The Morgan fingerprint density at radius 1 is 0.404 bits per heavy atom. The Balaban J connectivity index is 1.15. The lowest BCUT2D eigenvalue weighted by Crippen LogP contribution is -2.32. The zero-order valence-corrected chi connectivity index (χ0v) is 29.1. The molecule has 244 valence electrons. The lowest BCUT2D eigenvalue weighted by molar-refractivity contribution is 0.726. The molecule has 0 bridgehead atoms. The van der Waals surface area contributed by atoms with Crippen LogP contribution in [0.4, 0.5) is 17.1 Å². The number of hydrogen-bond donors (Lipinski definition) is 0. The number of hydrogen-bond acceptors (Lipinski definition) is 2. The number of fused-ring (bicyclic) bond motifs is 13. The van der Waals surface area contributed by atoms with Gasteiger partial charge in [-0.25, -0.2) is 0 Å². The van der Waals surface area contributed by atoms with Crippen molar-refractivity contribution in [1.29, 1.82) is 0 Å². The molecule has 1 aliphatic carbocycles. The fourth-order valence-corrected chi connectivity index (χ4v) is 10.3. The third kappa shape index (κ3) is 4.03. The average molecular weight is 681 g/mol. The Morgan fingerprint density at radius 2 is 0.942 bits per heavy atom. The minimum absolute atomic E-state index is 0.401. The van der Waals surface area contributed by atoms with E-state index in [4.69, 9.17) is 0 Å². The molecule has 8 aromatic carbocycles. The largest absolute Gasteiger partial charge is 0.311 e. The van der Waals surface area contributed by atoms with Crippen molar-refractivity contribution in [2.45, 2.75) is 15.2 Å². The van der Waals surface area contributed by atoms with E-state index >= 15 is 0 Å². The maximum absolute atomic E-state index is 2.45. The van der Waals surface area contributed by atoms with Crippen LogP contribution in [0.5, 0.6) is 0 Å². The van der Waals surface area contributed by atoms with Gasteiger partial charge in [0, 0.05) is 43.3 Å². The zero-order valence-electron chi connectivity index (χ0n) is 28.3. The number of nitrogens with zero attached hydrogens (tertiary/aromatic N) is 2. The molecule has 0 unspecified atom stereocenters. The van der Waals surface area contributed by atoms with E-state index in [1.807, 2.05) is 11.8 Å². The van der Waals surface area contributed by atoms with Crippen molar-refractivity contribution in [1.82, 2.24) is 4.57 Å². The van der Waals surface area contributed by atoms with E-state index in [9.17, 15) is 0 Å². The standard InChI is InChI=1S/C49H32N2S/c1-3-15-33(16-4-1)50(34-17-5-2-6-18-34)35-27-29-36(30-28-35)51-44-25-13-9-21-39(44)47-45(51)32-31-43-48(47)52-46-26-14-12-24-42(46)49(43)40-22-10-7-19-37(40)38-20-8-11-23-41(38)49/h1-32H. The minimum Gasteiger partial charge on any atom is -0.311 e. The van der Waals surface area contributed by atoms with Crippen LogP contribution in [0.3, 0.4) is 0 Å². The summed E-state index contributed by atoms with van der Waals surface area (Å²) < 4.78 is 2.45. The topological polar surface area (TPSA) is 8.17 Å². The molecule has 0 saturated heterocycles. The quantitative estimate of drug-likeness (QED) is 0.183. The normalized spacial score (nSPS) is 13.5. The Labute approximate surface area is 307 Å². The number of benzene rings is 8. The van der Waals surface area contributed by atoms with E-state index in [1.54, 1.807) is 0 Å². The molecule has 0 saturated carbocycles. The number of para-hydroxylation sites is 3. The number of aromatic nitrogens is 1. The SMILES string of the molecule is c1ccc(N(c2ccccc2)c2ccc(-n3c4ccccc4c4c5c(ccc43)C3(c4ccccc4S5)c4ccccc4-c4ccccc43)cc2)cc1. The van der Waals surface area contributed by atoms with Crippen LogP contribution >= 0.6 is 11.8 Å². The number of anilines is 3. The van der Waals surface area contributed by atoms with E-state index in [0.717, 1.165) is 22.7 Å². The second kappa shape index (κ2) is 11.4. The van der Waals surface area contributed by atoms with Crippen LogP contribution in [0.2, 0.25) is 0 Å². The Bertz CT molecular complexity index is 2730. The van der Waals surface area contributed by atoms with Crippen molar-refractivity contribution < 1.29 is 0 Å². The summed E-state index contributed by atoms with van der Waals surface area (Å²) in [6, 6.07) is 71.1. The highest BCUT2D eigenvalue weighted by atomic mass is 32.2. The predicted octanol–water partition coefficient (Wildman–Crippen LogP) is 13.1. The van der Waals surface area contributed by atoms with E-state index in [-0.39, 0.29) is 0 Å². The van der Waals surface area contributed by atoms with Gasteiger partial charge in [0.2, 0.25) is 0 Å². The Kier molecular flexibility index (Phi) is 6.43. The Morgan fingerprint density at radius 3 is 1.62 bits per heavy atom. The smallest absolute Gasteiger partial charge is 0.0735 e. The van der Waals surface area contributed by atoms with Gasteiger partial charge in [0.05, 0.1) is 16.4 Å². The molecule has 2 aliphatic rings. The molecule has 0 N–H and O–H groups in total. The highest BCUT2D eigenvalue weighted by Crippen LogP contribution is 2.63. The molecule has 11 rings (SSSR count). The Hall–Kier alpha value is -6.29. The minimum atomic E-state index is -0.401. The van der Waals surface area contributed by atoms with Gasteiger partial charge in [-0.15, -0.1) is 0 Å². The van der Waals surface area contributed by atoms with Gasteiger partial charge in [0.1, 0.15) is 0 Å². The van der Waals surface area contributed by atoms with Crippen LogP contribution in [0, 0.1) is 0 Å². The first-order chi connectivity index (χ1) is 25.8. The molecule has 3 heteroatoms. The summed E-state index contributed by atoms with van der Waals surface area (Å²) in [6.07, 6.45) is 0. The molecular weight excluding hydrogens is 649 g/mol. The van der Waals surface area contributed by atoms with Gasteiger partial charge in [-0.05, 0) is 100 Å².